The predicted molar refractivity (Wildman–Crippen MR) is 272 cm³/mol. The average Bonchev–Trinajstić information content (AvgIpc) is 3.95. The molecule has 1 atom stereocenters. The van der Waals surface area contributed by atoms with Crippen LogP contribution < -0.4 is 67.0 Å². The number of rotatable bonds is 16. The number of hydrazine groups is 1. The van der Waals surface area contributed by atoms with Gasteiger partial charge in [-0.3, -0.25) is 9.63 Å². The molecule has 1 saturated carbocycles. The van der Waals surface area contributed by atoms with Crippen molar-refractivity contribution in [2.24, 2.45) is 16.2 Å². The van der Waals surface area contributed by atoms with Gasteiger partial charge in [-0.05, 0) is 105 Å². The second-order valence-electron chi connectivity index (χ2n) is 19.2. The Bertz CT molecular complexity index is 2130. The zero-order chi connectivity index (χ0) is 53.0. The monoisotopic (exact) mass is 1040 g/mol. The van der Waals surface area contributed by atoms with E-state index in [1.165, 1.54) is 41.0 Å². The van der Waals surface area contributed by atoms with Gasteiger partial charge < -0.3 is 35.2 Å². The molecule has 2 heterocycles. The van der Waals surface area contributed by atoms with Gasteiger partial charge in [0.05, 0.1) is 46.5 Å². The number of ether oxygens (including phenoxy) is 1. The Morgan fingerprint density at radius 2 is 1.55 bits per heavy atom. The summed E-state index contributed by atoms with van der Waals surface area (Å²) < 4.78 is 42.2. The zero-order valence-electron chi connectivity index (χ0n) is 43.9. The Morgan fingerprint density at radius 3 is 2.03 bits per heavy atom. The summed E-state index contributed by atoms with van der Waals surface area (Å²) in [7, 11) is 1.00. The van der Waals surface area contributed by atoms with Crippen molar-refractivity contribution in [2.75, 3.05) is 26.9 Å². The maximum atomic E-state index is 12.2. The molecule has 6 rings (SSSR count). The molecule has 3 aromatic carbocycles. The first-order valence-corrected chi connectivity index (χ1v) is 24.2. The number of aromatic hydroxyl groups is 1. The number of aromatic nitrogens is 1. The van der Waals surface area contributed by atoms with Crippen LogP contribution in [0.2, 0.25) is 0 Å². The van der Waals surface area contributed by atoms with Gasteiger partial charge in [0.2, 0.25) is 6.41 Å². The van der Waals surface area contributed by atoms with Crippen molar-refractivity contribution in [2.45, 2.75) is 139 Å². The summed E-state index contributed by atoms with van der Waals surface area (Å²) in [5, 5.41) is 34.0. The minimum atomic E-state index is -4.61. The van der Waals surface area contributed by atoms with Crippen molar-refractivity contribution < 1.29 is 98.7 Å². The van der Waals surface area contributed by atoms with Crippen molar-refractivity contribution >= 4 is 30.3 Å². The molecule has 0 spiro atoms. The fourth-order valence-electron chi connectivity index (χ4n) is 7.94. The number of thiazole rings is 1. The molecule has 1 unspecified atom stereocenters. The summed E-state index contributed by atoms with van der Waals surface area (Å²) in [5.41, 5.74) is 8.96. The van der Waals surface area contributed by atoms with Crippen molar-refractivity contribution in [3.63, 3.8) is 0 Å². The van der Waals surface area contributed by atoms with Crippen molar-refractivity contribution in [3.05, 3.63) is 106 Å². The zero-order valence-corrected chi connectivity index (χ0v) is 47.8. The van der Waals surface area contributed by atoms with Crippen LogP contribution in [0.3, 0.4) is 0 Å². The van der Waals surface area contributed by atoms with Crippen LogP contribution in [0.1, 0.15) is 128 Å². The number of aldehydes is 2. The van der Waals surface area contributed by atoms with Crippen LogP contribution in [-0.4, -0.2) is 78.3 Å². The number of phenols is 1. The number of nitrogens with zero attached hydrogens (tertiary/aromatic N) is 4. The number of benzene rings is 3. The number of phenolic OH excluding ortho intramolecular Hbond substituents is 1. The van der Waals surface area contributed by atoms with Crippen LogP contribution in [0.25, 0.3) is 15.8 Å². The van der Waals surface area contributed by atoms with Crippen molar-refractivity contribution in [3.8, 4) is 28.0 Å². The minimum Gasteiger partial charge on any atom is -0.642 e. The van der Waals surface area contributed by atoms with E-state index in [1.807, 2.05) is 38.4 Å². The molecule has 388 valence electrons. The van der Waals surface area contributed by atoms with Gasteiger partial charge in [-0.1, -0.05) is 109 Å². The fourth-order valence-corrected chi connectivity index (χ4v) is 8.75. The maximum absolute atomic E-state index is 12.2. The van der Waals surface area contributed by atoms with Gasteiger partial charge in [0.1, 0.15) is 24.1 Å². The topological polar surface area (TPSA) is 188 Å². The first-order valence-electron chi connectivity index (χ1n) is 23.3. The van der Waals surface area contributed by atoms with Crippen LogP contribution in [0.4, 0.5) is 13.2 Å². The third-order valence-electron chi connectivity index (χ3n) is 10.9. The number of aliphatic hydroxyl groups is 1. The fraction of sp³-hybridized carbons (Fsp3) is 0.528. The van der Waals surface area contributed by atoms with E-state index in [0.717, 1.165) is 94.9 Å². The third-order valence-corrected chi connectivity index (χ3v) is 11.8. The van der Waals surface area contributed by atoms with Gasteiger partial charge in [0.25, 0.3) is 0 Å². The number of hydrogen-bond donors (Lipinski definition) is 4. The molecule has 1 aliphatic carbocycles. The van der Waals surface area contributed by atoms with Gasteiger partial charge in [0, 0.05) is 26.1 Å². The second kappa shape index (κ2) is 34.8. The van der Waals surface area contributed by atoms with E-state index in [-0.39, 0.29) is 73.8 Å². The minimum absolute atomic E-state index is 0. The largest absolute Gasteiger partial charge is 1.00 e. The van der Waals surface area contributed by atoms with Gasteiger partial charge >= 0.3 is 57.6 Å². The molecular formula is C53H76F3KN6O7S. The van der Waals surface area contributed by atoms with Crippen LogP contribution in [0, 0.1) is 41.4 Å². The molecule has 1 aliphatic heterocycles. The SMILES string of the molecule is CC(C)(C)CC=O.CC1(C)CC(C)(C)C1NC=O.CC=O.CO.Cc1ccc(OCCCCCONN2CCCC2[N-]Cc2ccc(-c3scnc3C)cc2)cc1.N#Cc1ccc(O)cc1C(F)(F)F.[K+]. The van der Waals surface area contributed by atoms with Crippen molar-refractivity contribution in [1.82, 2.24) is 20.9 Å². The van der Waals surface area contributed by atoms with Crippen LogP contribution >= 0.6 is 11.3 Å². The normalized spacial score (nSPS) is 15.4. The second-order valence-corrected chi connectivity index (χ2v) is 20.0. The number of aryl methyl sites for hydroxylation is 2. The molecule has 1 aromatic heterocycles. The van der Waals surface area contributed by atoms with E-state index in [0.29, 0.717) is 31.7 Å². The number of alkyl halides is 3. The maximum Gasteiger partial charge on any atom is 1.00 e. The molecule has 4 N–H and O–H groups in total. The number of nitrogens with one attached hydrogen (secondary N) is 2. The molecule has 2 aliphatic rings. The number of amides is 1. The van der Waals surface area contributed by atoms with Crippen LogP contribution in [0.5, 0.6) is 11.5 Å². The van der Waals surface area contributed by atoms with E-state index < -0.39 is 23.1 Å². The Hall–Kier alpha value is -3.58. The van der Waals surface area contributed by atoms with Gasteiger partial charge in [-0.2, -0.15) is 18.4 Å². The number of halogens is 3. The molecule has 4 aromatic rings. The smallest absolute Gasteiger partial charge is 0.642 e. The molecule has 71 heavy (non-hydrogen) atoms. The van der Waals surface area contributed by atoms with E-state index in [4.69, 9.17) is 35.2 Å². The third kappa shape index (κ3) is 26.3. The number of carbonyl (C=O) groups is 3. The Kier molecular flexibility index (Phi) is 33.0. The molecule has 1 saturated heterocycles. The number of carbonyl (C=O) groups excluding carboxylic acids is 3. The first-order chi connectivity index (χ1) is 33.0. The van der Waals surface area contributed by atoms with E-state index in [9.17, 15) is 22.8 Å². The molecule has 2 fully saturated rings. The molecule has 0 bridgehead atoms. The Labute approximate surface area is 467 Å². The molecule has 18 heteroatoms. The number of hydrogen-bond acceptors (Lipinski definition) is 12. The summed E-state index contributed by atoms with van der Waals surface area (Å²) in [6.07, 6.45) is 5.22. The van der Waals surface area contributed by atoms with E-state index >= 15 is 0 Å². The van der Waals surface area contributed by atoms with Gasteiger partial charge in [-0.15, -0.1) is 23.5 Å². The van der Waals surface area contributed by atoms with Crippen LogP contribution in [-0.2, 0) is 31.9 Å². The average molecular weight is 1040 g/mol. The summed E-state index contributed by atoms with van der Waals surface area (Å²) in [6.45, 7) is 23.6. The molecule has 13 nitrogen and oxygen atoms in total. The number of nitriles is 1. The summed E-state index contributed by atoms with van der Waals surface area (Å²) in [6, 6.07) is 21.1. The van der Waals surface area contributed by atoms with Gasteiger partial charge in [0.15, 0.2) is 0 Å². The standard InChI is InChI=1S/C27H35N4O2S.C9H17NO.C8H4F3NO.C6H12O.C2H4O.CH4O.K/c1-21-8-14-25(15-9-21)32-17-4-3-5-18-33-30-31-16-6-7-26(31)28-19-23-10-12-24(13-11-23)27-22(2)29-20-34-27;1-8(2)5-9(3,4)7(8)10-6-11;9-8(10,11)7-3-6(13)2-1-5(7)4-12;1-6(2,3)4-5-7;1-2-3;1-2;/h8-15,20,26,30H,3-7,16-19H2,1-2H3;6-7H,5H2,1-4H3,(H,10,11);1-3,13H;5H,4H2,1-3H3;2H,1H3;2H,1H3;/q-1;;;;;;+1. The number of unbranched alkanes of at least 4 members (excludes halogenated alkanes) is 2. The van der Waals surface area contributed by atoms with Crippen molar-refractivity contribution in [1.29, 1.82) is 5.26 Å². The molecule has 1 amide bonds. The Morgan fingerprint density at radius 1 is 0.944 bits per heavy atom. The summed E-state index contributed by atoms with van der Waals surface area (Å²) in [5.74, 6) is 0.435. The van der Waals surface area contributed by atoms with Gasteiger partial charge in [-0.25, -0.2) is 9.99 Å². The first kappa shape index (κ1) is 67.4. The Balaban J connectivity index is 0.00000108. The van der Waals surface area contributed by atoms with E-state index in [1.54, 1.807) is 11.3 Å². The molecule has 0 radical (unpaired) electrons. The quantitative estimate of drug-likeness (QED) is 0.0364. The number of aliphatic hydroxyl groups excluding tert-OH is 1. The summed E-state index contributed by atoms with van der Waals surface area (Å²) in [4.78, 5) is 40.2. The predicted octanol–water partition coefficient (Wildman–Crippen LogP) is 8.69. The summed E-state index contributed by atoms with van der Waals surface area (Å²) >= 11 is 1.69. The molecular weight excluding hydrogens is 961 g/mol. The van der Waals surface area contributed by atoms with E-state index in [2.05, 4.69) is 98.8 Å². The van der Waals surface area contributed by atoms with Crippen LogP contribution in [0.15, 0.2) is 72.2 Å².